The van der Waals surface area contributed by atoms with Gasteiger partial charge < -0.3 is 5.73 Å². The number of nitrogens with zero attached hydrogens (tertiary/aromatic N) is 2. The van der Waals surface area contributed by atoms with Crippen LogP contribution in [-0.2, 0) is 5.54 Å². The summed E-state index contributed by atoms with van der Waals surface area (Å²) in [7, 11) is 0. The Bertz CT molecular complexity index is 424. The predicted octanol–water partition coefficient (Wildman–Crippen LogP) is 1.34. The van der Waals surface area contributed by atoms with Gasteiger partial charge in [0, 0.05) is 17.8 Å². The van der Waals surface area contributed by atoms with E-state index in [4.69, 9.17) is 5.73 Å². The normalized spacial score (nSPS) is 20.1. The molecule has 0 amide bonds. The number of nitrogens with two attached hydrogens (primary N) is 1. The minimum Gasteiger partial charge on any atom is -0.320 e. The van der Waals surface area contributed by atoms with Crippen molar-refractivity contribution in [2.24, 2.45) is 5.73 Å². The second kappa shape index (κ2) is 1.89. The Balaban J connectivity index is 2.30. The number of thiazole rings is 1. The van der Waals surface area contributed by atoms with Crippen LogP contribution in [0, 0.1) is 0 Å². The zero-order valence-electron chi connectivity index (χ0n) is 6.53. The molecule has 0 bridgehead atoms. The van der Waals surface area contributed by atoms with E-state index < -0.39 is 0 Å². The summed E-state index contributed by atoms with van der Waals surface area (Å²) in [5.74, 6) is 0. The molecule has 0 saturated heterocycles. The molecule has 2 heterocycles. The summed E-state index contributed by atoms with van der Waals surface area (Å²) >= 11 is 1.66. The topological polar surface area (TPSA) is 43.3 Å². The molecule has 1 saturated carbocycles. The van der Waals surface area contributed by atoms with E-state index in [1.54, 1.807) is 11.3 Å². The van der Waals surface area contributed by atoms with Crippen LogP contribution in [0.2, 0.25) is 0 Å². The first-order valence-electron chi connectivity index (χ1n) is 3.99. The molecule has 1 aliphatic carbocycles. The zero-order valence-corrected chi connectivity index (χ0v) is 7.34. The largest absolute Gasteiger partial charge is 0.320 e. The van der Waals surface area contributed by atoms with Gasteiger partial charge in [0.2, 0.25) is 0 Å². The fraction of sp³-hybridized carbons (Fsp3) is 0.375. The molecule has 1 fully saturated rings. The smallest absolute Gasteiger partial charge is 0.193 e. The average Bonchev–Trinajstić information content (AvgIpc) is 2.48. The lowest BCUT2D eigenvalue weighted by atomic mass is 10.2. The fourth-order valence-corrected chi connectivity index (χ4v) is 2.43. The van der Waals surface area contributed by atoms with Crippen LogP contribution in [0.4, 0.5) is 0 Å². The van der Waals surface area contributed by atoms with Crippen molar-refractivity contribution in [3.8, 4) is 0 Å². The maximum absolute atomic E-state index is 6.10. The van der Waals surface area contributed by atoms with E-state index in [-0.39, 0.29) is 5.54 Å². The zero-order chi connectivity index (χ0) is 8.18. The van der Waals surface area contributed by atoms with E-state index in [1.807, 2.05) is 12.4 Å². The van der Waals surface area contributed by atoms with Gasteiger partial charge >= 0.3 is 0 Å². The number of imidazole rings is 1. The molecule has 3 rings (SSSR count). The van der Waals surface area contributed by atoms with Gasteiger partial charge in [0.15, 0.2) is 4.96 Å². The summed E-state index contributed by atoms with van der Waals surface area (Å²) in [6, 6.07) is 0. The molecule has 0 unspecified atom stereocenters. The Labute approximate surface area is 73.8 Å². The number of fused-ring (bicyclic) bond motifs is 1. The highest BCUT2D eigenvalue weighted by atomic mass is 32.1. The van der Waals surface area contributed by atoms with Crippen LogP contribution in [0.3, 0.4) is 0 Å². The third kappa shape index (κ3) is 0.711. The monoisotopic (exact) mass is 179 g/mol. The van der Waals surface area contributed by atoms with Gasteiger partial charge in [0.05, 0.1) is 11.2 Å². The molecule has 1 aliphatic rings. The molecular weight excluding hydrogens is 170 g/mol. The van der Waals surface area contributed by atoms with E-state index >= 15 is 0 Å². The van der Waals surface area contributed by atoms with E-state index in [2.05, 4.69) is 14.8 Å². The van der Waals surface area contributed by atoms with Crippen molar-refractivity contribution < 1.29 is 0 Å². The molecule has 3 nitrogen and oxygen atoms in total. The molecule has 2 aromatic heterocycles. The maximum atomic E-state index is 6.10. The van der Waals surface area contributed by atoms with Crippen molar-refractivity contribution in [1.29, 1.82) is 0 Å². The Hall–Kier alpha value is -0.870. The Morgan fingerprint density at radius 3 is 3.17 bits per heavy atom. The van der Waals surface area contributed by atoms with Gasteiger partial charge in [0.25, 0.3) is 0 Å². The van der Waals surface area contributed by atoms with Crippen molar-refractivity contribution in [2.75, 3.05) is 0 Å². The number of rotatable bonds is 1. The first-order chi connectivity index (χ1) is 5.80. The Morgan fingerprint density at radius 2 is 2.42 bits per heavy atom. The van der Waals surface area contributed by atoms with Crippen LogP contribution in [0.25, 0.3) is 4.96 Å². The second-order valence-electron chi connectivity index (χ2n) is 3.36. The quantitative estimate of drug-likeness (QED) is 0.718. The van der Waals surface area contributed by atoms with Crippen LogP contribution in [0.5, 0.6) is 0 Å². The molecule has 0 aromatic carbocycles. The van der Waals surface area contributed by atoms with E-state index in [1.165, 1.54) is 5.69 Å². The molecular formula is C8H9N3S. The van der Waals surface area contributed by atoms with Gasteiger partial charge in [-0.05, 0) is 12.8 Å². The molecule has 12 heavy (non-hydrogen) atoms. The maximum Gasteiger partial charge on any atom is 0.193 e. The summed E-state index contributed by atoms with van der Waals surface area (Å²) in [5, 5.41) is 2.12. The fourth-order valence-electron chi connectivity index (χ4n) is 1.47. The van der Waals surface area contributed by atoms with Gasteiger partial charge in [-0.2, -0.15) is 0 Å². The SMILES string of the molecule is NC1(c2csc3nccn23)CC1. The highest BCUT2D eigenvalue weighted by Crippen LogP contribution is 2.43. The van der Waals surface area contributed by atoms with Crippen molar-refractivity contribution in [3.05, 3.63) is 23.5 Å². The molecule has 62 valence electrons. The third-order valence-corrected chi connectivity index (χ3v) is 3.30. The first kappa shape index (κ1) is 6.62. The highest BCUT2D eigenvalue weighted by molar-refractivity contribution is 7.15. The van der Waals surface area contributed by atoms with Crippen molar-refractivity contribution in [2.45, 2.75) is 18.4 Å². The lowest BCUT2D eigenvalue weighted by Crippen LogP contribution is -2.20. The van der Waals surface area contributed by atoms with Crippen molar-refractivity contribution in [1.82, 2.24) is 9.38 Å². The molecule has 0 radical (unpaired) electrons. The third-order valence-electron chi connectivity index (χ3n) is 2.44. The van der Waals surface area contributed by atoms with E-state index in [9.17, 15) is 0 Å². The minimum absolute atomic E-state index is 0.0427. The van der Waals surface area contributed by atoms with Gasteiger partial charge in [0.1, 0.15) is 0 Å². The Morgan fingerprint density at radius 1 is 1.58 bits per heavy atom. The summed E-state index contributed by atoms with van der Waals surface area (Å²) in [5.41, 5.74) is 7.28. The molecule has 0 spiro atoms. The molecule has 4 heteroatoms. The van der Waals surface area contributed by atoms with Gasteiger partial charge in [-0.3, -0.25) is 4.40 Å². The minimum atomic E-state index is -0.0427. The molecule has 2 N–H and O–H groups in total. The summed E-state index contributed by atoms with van der Waals surface area (Å²) < 4.78 is 2.09. The van der Waals surface area contributed by atoms with Gasteiger partial charge in [-0.1, -0.05) is 0 Å². The number of aromatic nitrogens is 2. The first-order valence-corrected chi connectivity index (χ1v) is 4.87. The van der Waals surface area contributed by atoms with Gasteiger partial charge in [-0.15, -0.1) is 11.3 Å². The molecule has 0 atom stereocenters. The van der Waals surface area contributed by atoms with Crippen LogP contribution in [-0.4, -0.2) is 9.38 Å². The van der Waals surface area contributed by atoms with Crippen molar-refractivity contribution in [3.63, 3.8) is 0 Å². The summed E-state index contributed by atoms with van der Waals surface area (Å²) in [6.07, 6.45) is 6.02. The average molecular weight is 179 g/mol. The predicted molar refractivity (Wildman–Crippen MR) is 48.2 cm³/mol. The van der Waals surface area contributed by atoms with Crippen molar-refractivity contribution >= 4 is 16.3 Å². The van der Waals surface area contributed by atoms with E-state index in [0.717, 1.165) is 17.8 Å². The second-order valence-corrected chi connectivity index (χ2v) is 4.19. The molecule has 0 aliphatic heterocycles. The van der Waals surface area contributed by atoms with Crippen LogP contribution in [0.1, 0.15) is 18.5 Å². The highest BCUT2D eigenvalue weighted by Gasteiger charge is 2.42. The lowest BCUT2D eigenvalue weighted by Gasteiger charge is -2.05. The number of hydrogen-bond donors (Lipinski definition) is 1. The summed E-state index contributed by atoms with van der Waals surface area (Å²) in [6.45, 7) is 0. The van der Waals surface area contributed by atoms with E-state index in [0.29, 0.717) is 0 Å². The van der Waals surface area contributed by atoms with Gasteiger partial charge in [-0.25, -0.2) is 4.98 Å². The van der Waals surface area contributed by atoms with Crippen LogP contribution in [0.15, 0.2) is 17.8 Å². The lowest BCUT2D eigenvalue weighted by molar-refractivity contribution is 0.700. The standard InChI is InChI=1S/C8H9N3S/c9-8(1-2-8)6-5-12-7-10-3-4-11(6)7/h3-5H,1-2,9H2. The summed E-state index contributed by atoms with van der Waals surface area (Å²) in [4.78, 5) is 5.25. The Kier molecular flexibility index (Phi) is 1.04. The van der Waals surface area contributed by atoms with Crippen LogP contribution < -0.4 is 5.73 Å². The number of hydrogen-bond acceptors (Lipinski definition) is 3. The molecule has 2 aromatic rings. The van der Waals surface area contributed by atoms with Crippen LogP contribution >= 0.6 is 11.3 Å².